The van der Waals surface area contributed by atoms with Crippen LogP contribution in [0.5, 0.6) is 11.5 Å². The van der Waals surface area contributed by atoms with E-state index in [1.165, 1.54) is 7.11 Å². The summed E-state index contributed by atoms with van der Waals surface area (Å²) in [5.41, 5.74) is 5.65. The van der Waals surface area contributed by atoms with E-state index in [9.17, 15) is 19.8 Å². The highest BCUT2D eigenvalue weighted by Gasteiger charge is 2.30. The van der Waals surface area contributed by atoms with Gasteiger partial charge in [0, 0.05) is 33.0 Å². The number of aromatic carboxylic acids is 1. The highest BCUT2D eigenvalue weighted by atomic mass is 16.5. The van der Waals surface area contributed by atoms with Crippen LogP contribution in [0.1, 0.15) is 84.5 Å². The largest absolute Gasteiger partial charge is 0.507 e. The molecule has 8 heteroatoms. The lowest BCUT2D eigenvalue weighted by Crippen LogP contribution is -2.17. The van der Waals surface area contributed by atoms with E-state index in [-0.39, 0.29) is 16.7 Å². The molecule has 0 fully saturated rings. The Morgan fingerprint density at radius 1 is 0.660 bits per heavy atom. The molecule has 6 rings (SSSR count). The first-order valence-corrected chi connectivity index (χ1v) is 16.4. The van der Waals surface area contributed by atoms with Crippen molar-refractivity contribution in [3.05, 3.63) is 106 Å². The SMILES string of the molecule is COC(=O)c1c(C)c(-c2cc3ccccc3o2)cc(C(C)(C)C)c1OC.Cc1c(-c2cc3ccccc3o2)cc(C(C)(C)C)c(O)c1C(=O)O. The second-order valence-corrected chi connectivity index (χ2v) is 14.4. The zero-order valence-corrected chi connectivity index (χ0v) is 30.3. The fraction of sp³-hybridized carbons (Fsp3) is 0.286. The maximum atomic E-state index is 12.5. The van der Waals surface area contributed by atoms with Crippen molar-refractivity contribution in [2.45, 2.75) is 66.2 Å². The molecule has 260 valence electrons. The second-order valence-electron chi connectivity index (χ2n) is 14.4. The summed E-state index contributed by atoms with van der Waals surface area (Å²) in [6.45, 7) is 15.7. The van der Waals surface area contributed by atoms with Gasteiger partial charge in [0.25, 0.3) is 0 Å². The van der Waals surface area contributed by atoms with Crippen LogP contribution in [0.2, 0.25) is 0 Å². The van der Waals surface area contributed by atoms with Crippen LogP contribution in [0.4, 0.5) is 0 Å². The average molecular weight is 677 g/mol. The third-order valence-corrected chi connectivity index (χ3v) is 8.90. The summed E-state index contributed by atoms with van der Waals surface area (Å²) in [6, 6.07) is 23.3. The van der Waals surface area contributed by atoms with Gasteiger partial charge in [0.1, 0.15) is 45.3 Å². The van der Waals surface area contributed by atoms with Crippen LogP contribution >= 0.6 is 0 Å². The number of carbonyl (C=O) groups excluding carboxylic acids is 1. The molecule has 2 aromatic heterocycles. The minimum atomic E-state index is -1.14. The highest BCUT2D eigenvalue weighted by Crippen LogP contribution is 2.43. The van der Waals surface area contributed by atoms with Crippen LogP contribution in [-0.4, -0.2) is 36.4 Å². The number of aromatic hydroxyl groups is 1. The summed E-state index contributed by atoms with van der Waals surface area (Å²) >= 11 is 0. The number of esters is 1. The monoisotopic (exact) mass is 676 g/mol. The van der Waals surface area contributed by atoms with Gasteiger partial charge in [-0.2, -0.15) is 0 Å². The number of rotatable bonds is 5. The van der Waals surface area contributed by atoms with Crippen LogP contribution in [0.3, 0.4) is 0 Å². The van der Waals surface area contributed by atoms with Crippen LogP contribution < -0.4 is 4.74 Å². The number of carboxylic acids is 1. The minimum absolute atomic E-state index is 0.0714. The Hall–Kier alpha value is -5.50. The molecule has 0 unspecified atom stereocenters. The molecule has 8 nitrogen and oxygen atoms in total. The van der Waals surface area contributed by atoms with Gasteiger partial charge in [0.05, 0.1) is 14.2 Å². The van der Waals surface area contributed by atoms with E-state index in [1.54, 1.807) is 14.0 Å². The van der Waals surface area contributed by atoms with Crippen molar-refractivity contribution in [2.24, 2.45) is 0 Å². The summed E-state index contributed by atoms with van der Waals surface area (Å²) < 4.78 is 22.6. The normalized spacial score (nSPS) is 11.7. The molecule has 0 saturated carbocycles. The molecule has 50 heavy (non-hydrogen) atoms. The average Bonchev–Trinajstić information content (AvgIpc) is 3.67. The lowest BCUT2D eigenvalue weighted by atomic mass is 9.82. The van der Waals surface area contributed by atoms with Crippen molar-refractivity contribution >= 4 is 33.9 Å². The number of carboxylic acid groups (broad SMARTS) is 1. The molecule has 0 atom stereocenters. The number of para-hydroxylation sites is 2. The van der Waals surface area contributed by atoms with E-state index in [4.69, 9.17) is 18.3 Å². The van der Waals surface area contributed by atoms with Crippen LogP contribution in [-0.2, 0) is 15.6 Å². The van der Waals surface area contributed by atoms with E-state index in [0.717, 1.165) is 44.4 Å². The molecule has 2 N–H and O–H groups in total. The smallest absolute Gasteiger partial charge is 0.341 e. The number of hydrogen-bond donors (Lipinski definition) is 2. The number of carbonyl (C=O) groups is 2. The number of benzene rings is 4. The van der Waals surface area contributed by atoms with Gasteiger partial charge in [-0.3, -0.25) is 0 Å². The van der Waals surface area contributed by atoms with Crippen molar-refractivity contribution in [1.82, 2.24) is 0 Å². The van der Waals surface area contributed by atoms with Crippen LogP contribution in [0, 0.1) is 13.8 Å². The second kappa shape index (κ2) is 13.4. The molecule has 2 heterocycles. The highest BCUT2D eigenvalue weighted by molar-refractivity contribution is 5.98. The molecule has 0 spiro atoms. The van der Waals surface area contributed by atoms with E-state index in [0.29, 0.717) is 33.8 Å². The minimum Gasteiger partial charge on any atom is -0.507 e. The molecule has 0 aliphatic carbocycles. The number of phenols is 1. The van der Waals surface area contributed by atoms with Crippen LogP contribution in [0.25, 0.3) is 44.6 Å². The lowest BCUT2D eigenvalue weighted by molar-refractivity contribution is 0.0595. The summed E-state index contributed by atoms with van der Waals surface area (Å²) in [4.78, 5) is 24.2. The maximum absolute atomic E-state index is 12.5. The van der Waals surface area contributed by atoms with E-state index < -0.39 is 17.4 Å². The van der Waals surface area contributed by atoms with Gasteiger partial charge >= 0.3 is 11.9 Å². The molecule has 4 aromatic carbocycles. The molecule has 0 amide bonds. The van der Waals surface area contributed by atoms with Gasteiger partial charge in [0.2, 0.25) is 0 Å². The number of methoxy groups -OCH3 is 2. The first kappa shape index (κ1) is 35.8. The summed E-state index contributed by atoms with van der Waals surface area (Å²) in [7, 11) is 2.96. The molecule has 0 aliphatic heterocycles. The van der Waals surface area contributed by atoms with E-state index in [1.807, 2.05) is 94.4 Å². The third-order valence-electron chi connectivity index (χ3n) is 8.90. The predicted molar refractivity (Wildman–Crippen MR) is 197 cm³/mol. The Bertz CT molecular complexity index is 2170. The summed E-state index contributed by atoms with van der Waals surface area (Å²) in [6.07, 6.45) is 0. The van der Waals surface area contributed by atoms with Gasteiger partial charge in [-0.25, -0.2) is 9.59 Å². The zero-order valence-electron chi connectivity index (χ0n) is 30.3. The fourth-order valence-electron chi connectivity index (χ4n) is 6.22. The first-order valence-electron chi connectivity index (χ1n) is 16.4. The van der Waals surface area contributed by atoms with Crippen molar-refractivity contribution < 1.29 is 38.1 Å². The Labute approximate surface area is 292 Å². The molecule has 0 aliphatic rings. The quantitative estimate of drug-likeness (QED) is 0.173. The lowest BCUT2D eigenvalue weighted by Gasteiger charge is -2.25. The Morgan fingerprint density at radius 3 is 1.50 bits per heavy atom. The predicted octanol–water partition coefficient (Wildman–Crippen LogP) is 10.6. The van der Waals surface area contributed by atoms with Gasteiger partial charge in [-0.15, -0.1) is 0 Å². The van der Waals surface area contributed by atoms with Crippen molar-refractivity contribution in [1.29, 1.82) is 0 Å². The molecule has 0 radical (unpaired) electrons. The van der Waals surface area contributed by atoms with Crippen LogP contribution in [0.15, 0.2) is 81.6 Å². The van der Waals surface area contributed by atoms with Gasteiger partial charge in [-0.1, -0.05) is 77.9 Å². The Balaban J connectivity index is 0.000000195. The number of furan rings is 2. The number of ether oxygens (including phenoxy) is 2. The number of hydrogen-bond acceptors (Lipinski definition) is 7. The molecule has 0 saturated heterocycles. The fourth-order valence-corrected chi connectivity index (χ4v) is 6.22. The van der Waals surface area contributed by atoms with Gasteiger partial charge in [0.15, 0.2) is 0 Å². The van der Waals surface area contributed by atoms with Gasteiger partial charge < -0.3 is 28.5 Å². The molecular weight excluding hydrogens is 632 g/mol. The molecular formula is C42H44O8. The summed E-state index contributed by atoms with van der Waals surface area (Å²) in [5.74, 6) is 0.147. The standard InChI is InChI=1S/C22H24O4.C20H20O4/c1-13-15(18-11-14-9-7-8-10-17(14)26-18)12-16(22(2,3)4)20(24-5)19(13)21(23)25-6;1-11-13(16-9-12-7-5-6-8-15(12)24-16)10-14(20(2,3)4)18(21)17(11)19(22)23/h7-12H,1-6H3;5-10,21H,1-4H3,(H,22,23). The Morgan fingerprint density at radius 2 is 1.10 bits per heavy atom. The molecule has 6 aromatic rings. The van der Waals surface area contributed by atoms with E-state index >= 15 is 0 Å². The summed E-state index contributed by atoms with van der Waals surface area (Å²) in [5, 5.41) is 22.0. The van der Waals surface area contributed by atoms with Gasteiger partial charge in [-0.05, 0) is 72.2 Å². The Kier molecular flexibility index (Phi) is 9.61. The third kappa shape index (κ3) is 6.70. The van der Waals surface area contributed by atoms with Crippen molar-refractivity contribution in [2.75, 3.05) is 14.2 Å². The first-order chi connectivity index (χ1) is 23.5. The maximum Gasteiger partial charge on any atom is 0.341 e. The van der Waals surface area contributed by atoms with E-state index in [2.05, 4.69) is 26.8 Å². The molecule has 0 bridgehead atoms. The topological polar surface area (TPSA) is 119 Å². The zero-order chi connectivity index (χ0) is 36.7. The van der Waals surface area contributed by atoms with Crippen molar-refractivity contribution in [3.8, 4) is 34.1 Å². The number of fused-ring (bicyclic) bond motifs is 2. The van der Waals surface area contributed by atoms with Crippen molar-refractivity contribution in [3.63, 3.8) is 0 Å².